The fourth-order valence-electron chi connectivity index (χ4n) is 1.79. The van der Waals surface area contributed by atoms with E-state index < -0.39 is 0 Å². The van der Waals surface area contributed by atoms with Crippen molar-refractivity contribution in [1.82, 2.24) is 4.98 Å². The minimum absolute atomic E-state index is 0.202. The summed E-state index contributed by atoms with van der Waals surface area (Å²) < 4.78 is 5.35. The highest BCUT2D eigenvalue weighted by Crippen LogP contribution is 2.18. The predicted octanol–water partition coefficient (Wildman–Crippen LogP) is 2.77. The molecule has 5 nitrogen and oxygen atoms in total. The summed E-state index contributed by atoms with van der Waals surface area (Å²) >= 11 is 0. The third-order valence-electron chi connectivity index (χ3n) is 2.76. The predicted molar refractivity (Wildman–Crippen MR) is 79.3 cm³/mol. The second kappa shape index (κ2) is 6.56. The van der Waals surface area contributed by atoms with Crippen molar-refractivity contribution in [2.45, 2.75) is 6.92 Å². The zero-order valence-electron chi connectivity index (χ0n) is 11.5. The Bertz CT molecular complexity index is 582. The van der Waals surface area contributed by atoms with Gasteiger partial charge in [0.15, 0.2) is 0 Å². The van der Waals surface area contributed by atoms with Crippen molar-refractivity contribution in [2.24, 2.45) is 0 Å². The molecular weight excluding hydrogens is 254 g/mol. The lowest BCUT2D eigenvalue weighted by Gasteiger charge is -2.09. The number of aromatic nitrogens is 1. The molecule has 0 aliphatic rings. The minimum Gasteiger partial charge on any atom is -0.494 e. The van der Waals surface area contributed by atoms with E-state index in [1.165, 1.54) is 6.20 Å². The van der Waals surface area contributed by atoms with Crippen LogP contribution in [0.3, 0.4) is 0 Å². The number of nitrogens with zero attached hydrogens (tertiary/aromatic N) is 1. The lowest BCUT2D eigenvalue weighted by atomic mass is 10.2. The third kappa shape index (κ3) is 3.26. The lowest BCUT2D eigenvalue weighted by Crippen LogP contribution is -2.14. The number of rotatable bonds is 5. The fourth-order valence-corrected chi connectivity index (χ4v) is 1.79. The van der Waals surface area contributed by atoms with Gasteiger partial charge >= 0.3 is 0 Å². The Labute approximate surface area is 118 Å². The van der Waals surface area contributed by atoms with Crippen LogP contribution in [-0.4, -0.2) is 24.5 Å². The lowest BCUT2D eigenvalue weighted by molar-refractivity contribution is 0.102. The molecule has 1 aromatic carbocycles. The molecule has 1 heterocycles. The Morgan fingerprint density at radius 2 is 2.00 bits per heavy atom. The topological polar surface area (TPSA) is 63.2 Å². The van der Waals surface area contributed by atoms with Crippen LogP contribution in [-0.2, 0) is 0 Å². The van der Waals surface area contributed by atoms with Gasteiger partial charge in [0.05, 0.1) is 12.2 Å². The highest BCUT2D eigenvalue weighted by atomic mass is 16.5. The van der Waals surface area contributed by atoms with E-state index in [-0.39, 0.29) is 5.91 Å². The first-order valence-electron chi connectivity index (χ1n) is 6.40. The number of benzene rings is 1. The fraction of sp³-hybridized carbons (Fsp3) is 0.200. The normalized spacial score (nSPS) is 9.90. The Balaban J connectivity index is 2.11. The van der Waals surface area contributed by atoms with E-state index in [9.17, 15) is 4.79 Å². The average molecular weight is 271 g/mol. The average Bonchev–Trinajstić information content (AvgIpc) is 2.49. The van der Waals surface area contributed by atoms with Crippen LogP contribution < -0.4 is 15.4 Å². The zero-order valence-corrected chi connectivity index (χ0v) is 11.5. The van der Waals surface area contributed by atoms with Gasteiger partial charge in [-0.05, 0) is 37.3 Å². The Morgan fingerprint density at radius 1 is 1.25 bits per heavy atom. The molecule has 0 saturated carbocycles. The van der Waals surface area contributed by atoms with Gasteiger partial charge in [-0.15, -0.1) is 0 Å². The van der Waals surface area contributed by atoms with Crippen LogP contribution in [0.5, 0.6) is 5.75 Å². The Kier molecular flexibility index (Phi) is 4.55. The molecule has 2 N–H and O–H groups in total. The molecule has 20 heavy (non-hydrogen) atoms. The molecule has 0 fully saturated rings. The standard InChI is InChI=1S/C15H17N3O2/c1-3-20-12-6-4-11(5-7-12)18-15(19)13-10-17-9-8-14(13)16-2/h4-10H,3H2,1-2H3,(H,16,17)(H,18,19). The first-order valence-corrected chi connectivity index (χ1v) is 6.40. The number of ether oxygens (including phenoxy) is 1. The van der Waals surface area contributed by atoms with Crippen LogP contribution in [0.15, 0.2) is 42.7 Å². The monoisotopic (exact) mass is 271 g/mol. The molecular formula is C15H17N3O2. The highest BCUT2D eigenvalue weighted by Gasteiger charge is 2.10. The number of pyridine rings is 1. The summed E-state index contributed by atoms with van der Waals surface area (Å²) in [4.78, 5) is 16.2. The molecule has 0 aliphatic carbocycles. The third-order valence-corrected chi connectivity index (χ3v) is 2.76. The van der Waals surface area contributed by atoms with Crippen LogP contribution in [0.25, 0.3) is 0 Å². The summed E-state index contributed by atoms with van der Waals surface area (Å²) in [7, 11) is 1.77. The van der Waals surface area contributed by atoms with Gasteiger partial charge in [-0.1, -0.05) is 0 Å². The summed E-state index contributed by atoms with van der Waals surface area (Å²) in [6, 6.07) is 9.01. The summed E-state index contributed by atoms with van der Waals surface area (Å²) in [5.41, 5.74) is 1.96. The molecule has 5 heteroatoms. The van der Waals surface area contributed by atoms with Crippen LogP contribution >= 0.6 is 0 Å². The molecule has 104 valence electrons. The van der Waals surface area contributed by atoms with Gasteiger partial charge in [0, 0.05) is 30.8 Å². The van der Waals surface area contributed by atoms with Gasteiger partial charge in [-0.25, -0.2) is 0 Å². The van der Waals surface area contributed by atoms with Gasteiger partial charge in [-0.3, -0.25) is 9.78 Å². The minimum atomic E-state index is -0.202. The molecule has 0 spiro atoms. The van der Waals surface area contributed by atoms with E-state index in [1.54, 1.807) is 31.4 Å². The second-order valence-electron chi connectivity index (χ2n) is 4.08. The van der Waals surface area contributed by atoms with Gasteiger partial charge in [0.25, 0.3) is 5.91 Å². The van der Waals surface area contributed by atoms with Crippen LogP contribution in [0.2, 0.25) is 0 Å². The van der Waals surface area contributed by atoms with E-state index in [2.05, 4.69) is 15.6 Å². The van der Waals surface area contributed by atoms with E-state index in [0.29, 0.717) is 17.9 Å². The summed E-state index contributed by atoms with van der Waals surface area (Å²) in [6.07, 6.45) is 3.18. The molecule has 0 saturated heterocycles. The van der Waals surface area contributed by atoms with Crippen molar-refractivity contribution < 1.29 is 9.53 Å². The Morgan fingerprint density at radius 3 is 2.65 bits per heavy atom. The van der Waals surface area contributed by atoms with Crippen molar-refractivity contribution in [3.63, 3.8) is 0 Å². The van der Waals surface area contributed by atoms with Crippen molar-refractivity contribution in [3.8, 4) is 5.75 Å². The molecule has 2 aromatic rings. The highest BCUT2D eigenvalue weighted by molar-refractivity contribution is 6.07. The molecule has 0 radical (unpaired) electrons. The van der Waals surface area contributed by atoms with Crippen molar-refractivity contribution in [1.29, 1.82) is 0 Å². The van der Waals surface area contributed by atoms with E-state index in [4.69, 9.17) is 4.74 Å². The van der Waals surface area contributed by atoms with Gasteiger partial charge in [0.1, 0.15) is 5.75 Å². The Hall–Kier alpha value is -2.56. The largest absolute Gasteiger partial charge is 0.494 e. The summed E-state index contributed by atoms with van der Waals surface area (Å²) in [5, 5.41) is 5.80. The van der Waals surface area contributed by atoms with E-state index in [1.807, 2.05) is 19.1 Å². The number of anilines is 2. The molecule has 1 amide bonds. The second-order valence-corrected chi connectivity index (χ2v) is 4.08. The van der Waals surface area contributed by atoms with Crippen LogP contribution in [0.4, 0.5) is 11.4 Å². The van der Waals surface area contributed by atoms with Crippen molar-refractivity contribution in [3.05, 3.63) is 48.3 Å². The number of carbonyl (C=O) groups excluding carboxylic acids is 1. The molecule has 0 aliphatic heterocycles. The molecule has 2 rings (SSSR count). The molecule has 0 atom stereocenters. The number of carbonyl (C=O) groups is 1. The maximum absolute atomic E-state index is 12.2. The SMILES string of the molecule is CCOc1ccc(NC(=O)c2cnccc2NC)cc1. The van der Waals surface area contributed by atoms with Crippen molar-refractivity contribution in [2.75, 3.05) is 24.3 Å². The van der Waals surface area contributed by atoms with Crippen LogP contribution in [0, 0.1) is 0 Å². The van der Waals surface area contributed by atoms with Gasteiger partial charge < -0.3 is 15.4 Å². The summed E-state index contributed by atoms with van der Waals surface area (Å²) in [5.74, 6) is 0.578. The molecule has 1 aromatic heterocycles. The first kappa shape index (κ1) is 13.9. The molecule has 0 unspecified atom stereocenters. The number of hydrogen-bond donors (Lipinski definition) is 2. The summed E-state index contributed by atoms with van der Waals surface area (Å²) in [6.45, 7) is 2.55. The first-order chi connectivity index (χ1) is 9.74. The van der Waals surface area contributed by atoms with Crippen LogP contribution in [0.1, 0.15) is 17.3 Å². The molecule has 0 bridgehead atoms. The number of hydrogen-bond acceptors (Lipinski definition) is 4. The van der Waals surface area contributed by atoms with E-state index >= 15 is 0 Å². The number of nitrogens with one attached hydrogen (secondary N) is 2. The van der Waals surface area contributed by atoms with Gasteiger partial charge in [0.2, 0.25) is 0 Å². The zero-order chi connectivity index (χ0) is 14.4. The van der Waals surface area contributed by atoms with E-state index in [0.717, 1.165) is 11.4 Å². The maximum atomic E-state index is 12.2. The smallest absolute Gasteiger partial charge is 0.259 e. The quantitative estimate of drug-likeness (QED) is 0.877. The number of amides is 1. The maximum Gasteiger partial charge on any atom is 0.259 e. The van der Waals surface area contributed by atoms with Gasteiger partial charge in [-0.2, -0.15) is 0 Å². The van der Waals surface area contributed by atoms with Crippen molar-refractivity contribution >= 4 is 17.3 Å².